The molecular formula is C29H30N4O4S2. The third kappa shape index (κ3) is 7.21. The van der Waals surface area contributed by atoms with E-state index >= 15 is 0 Å². The number of aryl methyl sites for hydroxylation is 3. The number of aromatic amines is 1. The molecule has 10 heteroatoms. The molecule has 0 fully saturated rings. The smallest absolute Gasteiger partial charge is 0.174 e. The van der Waals surface area contributed by atoms with Gasteiger partial charge in [0.2, 0.25) is 0 Å². The average Bonchev–Trinajstić information content (AvgIpc) is 3.59. The Bertz CT molecular complexity index is 1650. The van der Waals surface area contributed by atoms with Crippen molar-refractivity contribution in [2.45, 2.75) is 32.8 Å². The first kappa shape index (κ1) is 26.8. The molecule has 0 aliphatic heterocycles. The maximum atomic E-state index is 11.3. The molecule has 0 saturated heterocycles. The lowest BCUT2D eigenvalue weighted by Gasteiger charge is -2.11. The van der Waals surface area contributed by atoms with Gasteiger partial charge in [0, 0.05) is 28.3 Å². The summed E-state index contributed by atoms with van der Waals surface area (Å²) in [7, 11) is -2.97. The predicted octanol–water partition coefficient (Wildman–Crippen LogP) is 5.57. The first-order valence-corrected chi connectivity index (χ1v) is 15.6. The van der Waals surface area contributed by atoms with Crippen LogP contribution in [0.3, 0.4) is 0 Å². The second kappa shape index (κ2) is 12.0. The van der Waals surface area contributed by atoms with E-state index in [9.17, 15) is 8.42 Å². The maximum Gasteiger partial charge on any atom is 0.174 e. The Hall–Kier alpha value is -3.76. The average molecular weight is 563 g/mol. The minimum Gasteiger partial charge on any atom is -0.494 e. The molecule has 5 rings (SSSR count). The van der Waals surface area contributed by atoms with Crippen molar-refractivity contribution in [1.29, 1.82) is 0 Å². The van der Waals surface area contributed by atoms with Crippen LogP contribution in [0.2, 0.25) is 0 Å². The van der Waals surface area contributed by atoms with E-state index in [0.29, 0.717) is 25.5 Å². The molecule has 3 aromatic carbocycles. The van der Waals surface area contributed by atoms with Gasteiger partial charge in [-0.3, -0.25) is 0 Å². The largest absolute Gasteiger partial charge is 0.494 e. The summed E-state index contributed by atoms with van der Waals surface area (Å²) < 4.78 is 35.7. The fourth-order valence-electron chi connectivity index (χ4n) is 4.38. The van der Waals surface area contributed by atoms with Gasteiger partial charge >= 0.3 is 0 Å². The van der Waals surface area contributed by atoms with Crippen molar-refractivity contribution in [1.82, 2.24) is 20.6 Å². The summed E-state index contributed by atoms with van der Waals surface area (Å²) in [6.07, 6.45) is 3.30. The summed E-state index contributed by atoms with van der Waals surface area (Å²) in [4.78, 5) is 0. The molecule has 0 spiro atoms. The number of ether oxygens (including phenoxy) is 2. The van der Waals surface area contributed by atoms with Crippen LogP contribution in [0.25, 0.3) is 21.2 Å². The Morgan fingerprint density at radius 3 is 2.44 bits per heavy atom. The van der Waals surface area contributed by atoms with Crippen molar-refractivity contribution >= 4 is 31.3 Å². The lowest BCUT2D eigenvalue weighted by molar-refractivity contribution is 0.306. The molecule has 0 aliphatic carbocycles. The first-order valence-electron chi connectivity index (χ1n) is 12.7. The molecule has 2 aromatic heterocycles. The van der Waals surface area contributed by atoms with Crippen LogP contribution in [-0.4, -0.2) is 47.7 Å². The Morgan fingerprint density at radius 1 is 0.897 bits per heavy atom. The number of nitrogens with zero attached hydrogens (tertiary/aromatic N) is 3. The zero-order valence-electron chi connectivity index (χ0n) is 21.9. The normalized spacial score (nSPS) is 11.6. The number of aromatic nitrogens is 4. The monoisotopic (exact) mass is 562 g/mol. The number of sulfone groups is 1. The summed E-state index contributed by atoms with van der Waals surface area (Å²) in [5.41, 5.74) is 5.74. The van der Waals surface area contributed by atoms with Gasteiger partial charge in [0.1, 0.15) is 27.9 Å². The second-order valence-electron chi connectivity index (χ2n) is 9.55. The van der Waals surface area contributed by atoms with Gasteiger partial charge in [-0.1, -0.05) is 29.5 Å². The van der Waals surface area contributed by atoms with Gasteiger partial charge in [0.25, 0.3) is 0 Å². The van der Waals surface area contributed by atoms with E-state index in [-0.39, 0.29) is 5.75 Å². The van der Waals surface area contributed by atoms with Crippen molar-refractivity contribution < 1.29 is 17.9 Å². The first-order chi connectivity index (χ1) is 18.8. The summed E-state index contributed by atoms with van der Waals surface area (Å²) in [5, 5.41) is 17.4. The molecule has 39 heavy (non-hydrogen) atoms. The summed E-state index contributed by atoms with van der Waals surface area (Å²) in [6.45, 7) is 2.92. The van der Waals surface area contributed by atoms with Crippen LogP contribution in [0.1, 0.15) is 28.9 Å². The topological polar surface area (TPSA) is 107 Å². The quantitative estimate of drug-likeness (QED) is 0.198. The van der Waals surface area contributed by atoms with Gasteiger partial charge in [0.05, 0.1) is 12.4 Å². The number of H-pyrrole nitrogens is 1. The standard InChI is InChI=1S/C29H30N4O4S2/c1-20-16-24(36-14-3-15-39(2,34)35)10-11-25(20)27-19-38-28-12-6-22(17-26(27)28)18-37-23-8-4-21(5-9-23)7-13-29-30-32-33-31-29/h4-6,8-12,16-17,19H,3,7,13-15,18H2,1-2H3,(H,30,31,32,33). The SMILES string of the molecule is Cc1cc(OCCCS(C)(=O)=O)ccc1-c1csc2ccc(COc3ccc(CCc4nn[nH]n4)cc3)cc12. The molecule has 2 heterocycles. The van der Waals surface area contributed by atoms with E-state index in [4.69, 9.17) is 9.47 Å². The van der Waals surface area contributed by atoms with Crippen LogP contribution < -0.4 is 9.47 Å². The van der Waals surface area contributed by atoms with E-state index in [1.807, 2.05) is 24.3 Å². The Kier molecular flexibility index (Phi) is 8.23. The third-order valence-electron chi connectivity index (χ3n) is 6.41. The molecule has 202 valence electrons. The minimum absolute atomic E-state index is 0.130. The van der Waals surface area contributed by atoms with Crippen molar-refractivity contribution in [2.75, 3.05) is 18.6 Å². The fourth-order valence-corrected chi connectivity index (χ4v) is 5.96. The number of thiophene rings is 1. The highest BCUT2D eigenvalue weighted by Crippen LogP contribution is 2.37. The van der Waals surface area contributed by atoms with Gasteiger partial charge in [0.15, 0.2) is 5.82 Å². The van der Waals surface area contributed by atoms with E-state index in [1.165, 1.54) is 27.5 Å². The van der Waals surface area contributed by atoms with Gasteiger partial charge < -0.3 is 9.47 Å². The molecule has 0 atom stereocenters. The van der Waals surface area contributed by atoms with Crippen LogP contribution in [0, 0.1) is 6.92 Å². The van der Waals surface area contributed by atoms with Gasteiger partial charge in [-0.05, 0) is 83.8 Å². The highest BCUT2D eigenvalue weighted by atomic mass is 32.2. The zero-order valence-corrected chi connectivity index (χ0v) is 23.5. The minimum atomic E-state index is -2.97. The van der Waals surface area contributed by atoms with E-state index in [0.717, 1.165) is 41.0 Å². The second-order valence-corrected chi connectivity index (χ2v) is 12.7. The number of hydrogen-bond donors (Lipinski definition) is 1. The zero-order chi connectivity index (χ0) is 27.2. The molecule has 0 amide bonds. The Balaban J connectivity index is 1.22. The van der Waals surface area contributed by atoms with Gasteiger partial charge in [-0.25, -0.2) is 8.42 Å². The number of rotatable bonds is 12. The Labute approximate surface area is 231 Å². The number of benzene rings is 3. The fraction of sp³-hybridized carbons (Fsp3) is 0.276. The lowest BCUT2D eigenvalue weighted by atomic mass is 9.99. The number of hydrogen-bond acceptors (Lipinski definition) is 8. The molecule has 0 bridgehead atoms. The predicted molar refractivity (Wildman–Crippen MR) is 154 cm³/mol. The van der Waals surface area contributed by atoms with Crippen molar-refractivity contribution in [3.05, 3.63) is 88.6 Å². The van der Waals surface area contributed by atoms with E-state index in [1.54, 1.807) is 11.3 Å². The van der Waals surface area contributed by atoms with Crippen molar-refractivity contribution in [3.63, 3.8) is 0 Å². The van der Waals surface area contributed by atoms with Crippen LogP contribution in [0.4, 0.5) is 0 Å². The summed E-state index contributed by atoms with van der Waals surface area (Å²) in [5.74, 6) is 2.41. The highest BCUT2D eigenvalue weighted by molar-refractivity contribution is 7.90. The Morgan fingerprint density at radius 2 is 1.69 bits per heavy atom. The van der Waals surface area contributed by atoms with Crippen LogP contribution in [0.5, 0.6) is 11.5 Å². The highest BCUT2D eigenvalue weighted by Gasteiger charge is 2.11. The van der Waals surface area contributed by atoms with E-state index < -0.39 is 9.84 Å². The molecular weight excluding hydrogens is 532 g/mol. The molecule has 0 radical (unpaired) electrons. The van der Waals surface area contributed by atoms with Crippen LogP contribution >= 0.6 is 11.3 Å². The molecule has 0 unspecified atom stereocenters. The van der Waals surface area contributed by atoms with Crippen LogP contribution in [-0.2, 0) is 29.3 Å². The lowest BCUT2D eigenvalue weighted by Crippen LogP contribution is -2.08. The molecule has 0 aliphatic rings. The molecule has 0 saturated carbocycles. The number of fused-ring (bicyclic) bond motifs is 1. The van der Waals surface area contributed by atoms with Crippen LogP contribution in [0.15, 0.2) is 66.0 Å². The molecule has 5 aromatic rings. The molecule has 1 N–H and O–H groups in total. The number of nitrogens with one attached hydrogen (secondary N) is 1. The summed E-state index contributed by atoms with van der Waals surface area (Å²) in [6, 6.07) is 20.6. The van der Waals surface area contributed by atoms with Crippen molar-refractivity contribution in [2.24, 2.45) is 0 Å². The maximum absolute atomic E-state index is 11.3. The third-order valence-corrected chi connectivity index (χ3v) is 8.40. The van der Waals surface area contributed by atoms with Gasteiger partial charge in [-0.15, -0.1) is 21.5 Å². The number of tetrazole rings is 1. The van der Waals surface area contributed by atoms with E-state index in [2.05, 4.69) is 69.3 Å². The molecule has 8 nitrogen and oxygen atoms in total. The van der Waals surface area contributed by atoms with Crippen molar-refractivity contribution in [3.8, 4) is 22.6 Å². The summed E-state index contributed by atoms with van der Waals surface area (Å²) >= 11 is 1.73. The van der Waals surface area contributed by atoms with Gasteiger partial charge in [-0.2, -0.15) is 5.21 Å².